The molecule has 1 fully saturated rings. The van der Waals surface area contributed by atoms with Gasteiger partial charge in [-0.2, -0.15) is 0 Å². The number of amides is 2. The smallest absolute Gasteiger partial charge is 0.327 e. The van der Waals surface area contributed by atoms with E-state index in [-0.39, 0.29) is 45.0 Å². The van der Waals surface area contributed by atoms with Crippen LogP contribution in [0, 0.1) is 5.92 Å². The highest BCUT2D eigenvalue weighted by molar-refractivity contribution is 7.51. The Morgan fingerprint density at radius 3 is 2.61 bits per heavy atom. The number of ether oxygens (including phenoxy) is 2. The highest BCUT2D eigenvalue weighted by Crippen LogP contribution is 2.39. The molecule has 1 aromatic heterocycles. The summed E-state index contributed by atoms with van der Waals surface area (Å²) in [4.78, 5) is 62.0. The lowest BCUT2D eigenvalue weighted by molar-refractivity contribution is 0.0304. The molecule has 0 radical (unpaired) electrons. The number of carbonyl (C=O) groups excluding carboxylic acids is 2. The van der Waals surface area contributed by atoms with Crippen molar-refractivity contribution in [3.8, 4) is 5.75 Å². The largest absolute Gasteiger partial charge is 0.482 e. The number of fused-ring (bicyclic) bond motifs is 1. The Morgan fingerprint density at radius 1 is 1.25 bits per heavy atom. The molecule has 3 atom stereocenters. The lowest BCUT2D eigenvalue weighted by atomic mass is 9.86. The maximum atomic E-state index is 15.0. The van der Waals surface area contributed by atoms with Gasteiger partial charge < -0.3 is 29.5 Å². The maximum Gasteiger partial charge on any atom is 0.327 e. The molecule has 5 rings (SSSR count). The molecule has 0 bridgehead atoms. The molecule has 2 amide bonds. The summed E-state index contributed by atoms with van der Waals surface area (Å²) >= 11 is 0. The van der Waals surface area contributed by atoms with Gasteiger partial charge in [-0.05, 0) is 24.6 Å². The van der Waals surface area contributed by atoms with Gasteiger partial charge in [-0.3, -0.25) is 28.6 Å². The van der Waals surface area contributed by atoms with E-state index in [1.807, 2.05) is 0 Å². The van der Waals surface area contributed by atoms with Crippen LogP contribution in [0.4, 0.5) is 8.78 Å². The Morgan fingerprint density at radius 2 is 1.98 bits per heavy atom. The fourth-order valence-corrected chi connectivity index (χ4v) is 6.10. The van der Waals surface area contributed by atoms with Gasteiger partial charge in [0, 0.05) is 38.7 Å². The Balaban J connectivity index is 1.59. The van der Waals surface area contributed by atoms with Gasteiger partial charge >= 0.3 is 7.60 Å². The first-order valence-corrected chi connectivity index (χ1v) is 15.7. The molecule has 44 heavy (non-hydrogen) atoms. The summed E-state index contributed by atoms with van der Waals surface area (Å²) in [6.07, 6.45) is 3.97. The van der Waals surface area contributed by atoms with Crippen LogP contribution >= 0.6 is 7.60 Å². The van der Waals surface area contributed by atoms with Crippen LogP contribution in [0.2, 0.25) is 0 Å². The van der Waals surface area contributed by atoms with Crippen molar-refractivity contribution in [1.29, 1.82) is 0 Å². The van der Waals surface area contributed by atoms with Crippen LogP contribution in [0.3, 0.4) is 0 Å². The van der Waals surface area contributed by atoms with E-state index < -0.39 is 65.4 Å². The number of rotatable bonds is 9. The first kappa shape index (κ1) is 31.6. The molecular weight excluding hydrogens is 601 g/mol. The maximum absolute atomic E-state index is 15.0. The van der Waals surface area contributed by atoms with Crippen molar-refractivity contribution in [1.82, 2.24) is 14.9 Å². The Kier molecular flexibility index (Phi) is 8.56. The molecule has 2 unspecified atom stereocenters. The van der Waals surface area contributed by atoms with Gasteiger partial charge in [-0.25, -0.2) is 8.78 Å². The molecule has 1 aromatic carbocycles. The number of hydrogen-bond donors (Lipinski definition) is 3. The van der Waals surface area contributed by atoms with Crippen molar-refractivity contribution in [2.24, 2.45) is 5.92 Å². The summed E-state index contributed by atoms with van der Waals surface area (Å²) < 4.78 is 53.4. The zero-order chi connectivity index (χ0) is 31.9. The minimum Gasteiger partial charge on any atom is -0.482 e. The molecule has 3 N–H and O–H groups in total. The summed E-state index contributed by atoms with van der Waals surface area (Å²) in [5, 5.41) is 4.02. The molecule has 12 nitrogen and oxygen atoms in total. The van der Waals surface area contributed by atoms with Crippen molar-refractivity contribution < 1.29 is 42.2 Å². The second kappa shape index (κ2) is 11.9. The number of benzene rings is 1. The third-order valence-corrected chi connectivity index (χ3v) is 8.97. The summed E-state index contributed by atoms with van der Waals surface area (Å²) in [6, 6.07) is 8.80. The van der Waals surface area contributed by atoms with E-state index in [0.29, 0.717) is 5.56 Å². The van der Waals surface area contributed by atoms with E-state index in [4.69, 9.17) is 9.47 Å². The molecule has 236 valence electrons. The van der Waals surface area contributed by atoms with Crippen LogP contribution < -0.4 is 20.5 Å². The van der Waals surface area contributed by atoms with Crippen molar-refractivity contribution in [2.45, 2.75) is 31.3 Å². The van der Waals surface area contributed by atoms with Gasteiger partial charge in [0.25, 0.3) is 11.8 Å². The number of aromatic nitrogens is 1. The Bertz CT molecular complexity index is 1610. The van der Waals surface area contributed by atoms with E-state index in [2.05, 4.69) is 5.32 Å². The van der Waals surface area contributed by atoms with Gasteiger partial charge in [0.05, 0.1) is 19.4 Å². The van der Waals surface area contributed by atoms with Crippen LogP contribution in [0.15, 0.2) is 65.4 Å². The van der Waals surface area contributed by atoms with Crippen molar-refractivity contribution in [2.75, 3.05) is 44.5 Å². The van der Waals surface area contributed by atoms with Crippen LogP contribution in [-0.4, -0.2) is 82.0 Å². The topological polar surface area (TPSA) is 151 Å². The van der Waals surface area contributed by atoms with Crippen LogP contribution in [0.1, 0.15) is 39.8 Å². The SMILES string of the molecule is CN1C(=O)c2c(OCc3ccccc3)c(=O)c(C(=O)NCC3C=CC(F)=CC3(C)F)cn2N(CCP(=O)(O)O)[C@]12CCOC2. The molecule has 2 aliphatic heterocycles. The van der Waals surface area contributed by atoms with Gasteiger partial charge in [0.15, 0.2) is 17.1 Å². The minimum absolute atomic E-state index is 0.00310. The quantitative estimate of drug-likeness (QED) is 0.353. The molecule has 3 heterocycles. The molecule has 0 saturated carbocycles. The second-order valence-corrected chi connectivity index (χ2v) is 13.0. The van der Waals surface area contributed by atoms with E-state index in [9.17, 15) is 33.1 Å². The third-order valence-electron chi connectivity index (χ3n) is 8.19. The summed E-state index contributed by atoms with van der Waals surface area (Å²) in [6.45, 7) is 0.723. The first-order chi connectivity index (χ1) is 20.7. The lowest BCUT2D eigenvalue weighted by Crippen LogP contribution is -2.70. The molecule has 2 aromatic rings. The van der Waals surface area contributed by atoms with E-state index >= 15 is 4.39 Å². The zero-order valence-corrected chi connectivity index (χ0v) is 25.0. The van der Waals surface area contributed by atoms with E-state index in [0.717, 1.165) is 18.3 Å². The van der Waals surface area contributed by atoms with Crippen LogP contribution in [0.5, 0.6) is 5.75 Å². The number of halogens is 2. The van der Waals surface area contributed by atoms with Gasteiger partial charge in [-0.1, -0.05) is 36.4 Å². The molecule has 3 aliphatic rings. The second-order valence-electron chi connectivity index (χ2n) is 11.2. The average Bonchev–Trinajstić information content (AvgIpc) is 3.45. The minimum atomic E-state index is -4.53. The number of pyridine rings is 1. The number of allylic oxidation sites excluding steroid dienone is 3. The van der Waals surface area contributed by atoms with Gasteiger partial charge in [-0.15, -0.1) is 0 Å². The zero-order valence-electron chi connectivity index (χ0n) is 24.1. The fraction of sp³-hybridized carbons (Fsp3) is 0.414. The van der Waals surface area contributed by atoms with Crippen molar-refractivity contribution >= 4 is 19.4 Å². The number of hydrogen-bond acceptors (Lipinski definition) is 7. The monoisotopic (exact) mass is 634 g/mol. The predicted octanol–water partition coefficient (Wildman–Crippen LogP) is 2.24. The summed E-state index contributed by atoms with van der Waals surface area (Å²) in [7, 11) is -3.03. The number of carbonyl (C=O) groups is 2. The third kappa shape index (κ3) is 6.07. The molecule has 1 spiro atoms. The summed E-state index contributed by atoms with van der Waals surface area (Å²) in [5.41, 5.74) is -4.22. The average molecular weight is 635 g/mol. The number of nitrogens with zero attached hydrogens (tertiary/aromatic N) is 3. The van der Waals surface area contributed by atoms with Crippen LogP contribution in [-0.2, 0) is 15.9 Å². The molecular formula is C29H33F2N4O8P. The molecule has 15 heteroatoms. The number of alkyl halides is 1. The first-order valence-electron chi connectivity index (χ1n) is 13.9. The van der Waals surface area contributed by atoms with Gasteiger partial charge in [0.2, 0.25) is 5.43 Å². The normalized spacial score (nSPS) is 24.8. The fourth-order valence-electron chi connectivity index (χ4n) is 5.65. The van der Waals surface area contributed by atoms with Gasteiger partial charge in [0.1, 0.15) is 23.7 Å². The summed E-state index contributed by atoms with van der Waals surface area (Å²) in [5.74, 6) is -3.66. The predicted molar refractivity (Wildman–Crippen MR) is 155 cm³/mol. The standard InChI is InChI=1S/C29H33F2N4O8P/c1-28(31)14-21(30)9-8-20(28)15-32-26(37)22-16-34-23(25(24(22)36)43-17-19-6-4-3-5-7-19)27(38)33(2)29(10-12-42-18-29)35(34)11-13-44(39,40)41/h3-9,14,16,20H,10-13,15,17-18H2,1-2H3,(H,32,37)(H2,39,40,41)/t20?,28?,29-/m0/s1. The van der Waals surface area contributed by atoms with E-state index in [1.54, 1.807) is 30.3 Å². The Hall–Kier alpha value is -3.84. The number of nitrogens with one attached hydrogen (secondary N) is 1. The Labute approximate surface area is 251 Å². The highest BCUT2D eigenvalue weighted by atomic mass is 31.2. The van der Waals surface area contributed by atoms with Crippen molar-refractivity contribution in [3.05, 3.63) is 87.6 Å². The van der Waals surface area contributed by atoms with Crippen LogP contribution in [0.25, 0.3) is 0 Å². The number of likely N-dealkylation sites (N-methyl/N-ethyl adjacent to an activating group) is 1. The molecule has 1 aliphatic carbocycles. The lowest BCUT2D eigenvalue weighted by Gasteiger charge is -2.52. The van der Waals surface area contributed by atoms with Crippen molar-refractivity contribution in [3.63, 3.8) is 0 Å². The molecule has 1 saturated heterocycles. The highest BCUT2D eigenvalue weighted by Gasteiger charge is 2.52. The van der Waals surface area contributed by atoms with E-state index in [1.165, 1.54) is 34.6 Å².